The Morgan fingerprint density at radius 2 is 2.24 bits per heavy atom. The monoisotopic (exact) mass is 236 g/mol. The van der Waals surface area contributed by atoms with E-state index in [1.54, 1.807) is 14.2 Å². The lowest BCUT2D eigenvalue weighted by Crippen LogP contribution is -2.24. The lowest BCUT2D eigenvalue weighted by Gasteiger charge is -2.09. The molecule has 2 aromatic rings. The number of oxazole rings is 1. The number of aromatic nitrogens is 1. The van der Waals surface area contributed by atoms with Gasteiger partial charge in [-0.2, -0.15) is 0 Å². The zero-order chi connectivity index (χ0) is 12.3. The molecule has 0 amide bonds. The molecule has 2 rings (SSSR count). The van der Waals surface area contributed by atoms with Gasteiger partial charge in [0.1, 0.15) is 11.3 Å². The second-order valence-electron chi connectivity index (χ2n) is 3.74. The SMILES string of the molecule is COc1ccc2nc(CC(CN)OC)oc2c1. The van der Waals surface area contributed by atoms with Crippen molar-refractivity contribution in [3.05, 3.63) is 24.1 Å². The van der Waals surface area contributed by atoms with Gasteiger partial charge < -0.3 is 19.6 Å². The van der Waals surface area contributed by atoms with Crippen LogP contribution in [-0.2, 0) is 11.2 Å². The number of nitrogens with two attached hydrogens (primary N) is 1. The standard InChI is InChI=1S/C12H16N2O3/c1-15-8-3-4-10-11(5-8)17-12(14-10)6-9(7-13)16-2/h3-5,9H,6-7,13H2,1-2H3. The highest BCUT2D eigenvalue weighted by molar-refractivity contribution is 5.74. The summed E-state index contributed by atoms with van der Waals surface area (Å²) in [6, 6.07) is 5.53. The first-order valence-electron chi connectivity index (χ1n) is 5.43. The Kier molecular flexibility index (Phi) is 3.61. The largest absolute Gasteiger partial charge is 0.497 e. The molecule has 0 spiro atoms. The van der Waals surface area contributed by atoms with Crippen LogP contribution >= 0.6 is 0 Å². The number of methoxy groups -OCH3 is 2. The van der Waals surface area contributed by atoms with Gasteiger partial charge in [0.25, 0.3) is 0 Å². The Morgan fingerprint density at radius 1 is 1.41 bits per heavy atom. The Bertz CT molecular complexity index is 491. The molecule has 1 heterocycles. The molecular formula is C12H16N2O3. The average Bonchev–Trinajstić information content (AvgIpc) is 2.76. The van der Waals surface area contributed by atoms with E-state index in [0.29, 0.717) is 24.4 Å². The topological polar surface area (TPSA) is 70.5 Å². The molecule has 0 aliphatic carbocycles. The number of ether oxygens (including phenoxy) is 2. The summed E-state index contributed by atoms with van der Waals surface area (Å²) in [6.07, 6.45) is 0.509. The number of fused-ring (bicyclic) bond motifs is 1. The zero-order valence-electron chi connectivity index (χ0n) is 9.97. The van der Waals surface area contributed by atoms with Crippen molar-refractivity contribution in [3.8, 4) is 5.75 Å². The predicted molar refractivity (Wildman–Crippen MR) is 64.1 cm³/mol. The molecule has 5 heteroatoms. The summed E-state index contributed by atoms with van der Waals surface area (Å²) in [4.78, 5) is 4.37. The number of rotatable bonds is 5. The number of benzene rings is 1. The van der Waals surface area contributed by atoms with Gasteiger partial charge in [-0.3, -0.25) is 0 Å². The molecule has 0 saturated carbocycles. The van der Waals surface area contributed by atoms with E-state index in [-0.39, 0.29) is 6.10 Å². The van der Waals surface area contributed by atoms with E-state index in [4.69, 9.17) is 19.6 Å². The highest BCUT2D eigenvalue weighted by Crippen LogP contribution is 2.22. The second-order valence-corrected chi connectivity index (χ2v) is 3.74. The molecule has 1 aromatic heterocycles. The first-order chi connectivity index (χ1) is 8.26. The lowest BCUT2D eigenvalue weighted by atomic mass is 10.2. The van der Waals surface area contributed by atoms with E-state index in [9.17, 15) is 0 Å². The predicted octanol–water partition coefficient (Wildman–Crippen LogP) is 1.35. The molecule has 92 valence electrons. The zero-order valence-corrected chi connectivity index (χ0v) is 9.97. The molecule has 17 heavy (non-hydrogen) atoms. The Morgan fingerprint density at radius 3 is 2.88 bits per heavy atom. The maximum Gasteiger partial charge on any atom is 0.198 e. The van der Waals surface area contributed by atoms with Crippen molar-refractivity contribution in [2.45, 2.75) is 12.5 Å². The number of hydrogen-bond acceptors (Lipinski definition) is 5. The van der Waals surface area contributed by atoms with E-state index in [1.807, 2.05) is 18.2 Å². The van der Waals surface area contributed by atoms with Gasteiger partial charge in [-0.1, -0.05) is 0 Å². The summed E-state index contributed by atoms with van der Waals surface area (Å²) < 4.78 is 15.9. The average molecular weight is 236 g/mol. The summed E-state index contributed by atoms with van der Waals surface area (Å²) in [6.45, 7) is 0.443. The van der Waals surface area contributed by atoms with Crippen molar-refractivity contribution in [2.75, 3.05) is 20.8 Å². The van der Waals surface area contributed by atoms with Gasteiger partial charge in [0, 0.05) is 19.7 Å². The van der Waals surface area contributed by atoms with Gasteiger partial charge in [-0.15, -0.1) is 0 Å². The molecule has 5 nitrogen and oxygen atoms in total. The van der Waals surface area contributed by atoms with Crippen molar-refractivity contribution >= 4 is 11.1 Å². The molecule has 0 aliphatic heterocycles. The molecular weight excluding hydrogens is 220 g/mol. The third-order valence-corrected chi connectivity index (χ3v) is 2.64. The highest BCUT2D eigenvalue weighted by atomic mass is 16.5. The molecule has 0 fully saturated rings. The van der Waals surface area contributed by atoms with E-state index >= 15 is 0 Å². The molecule has 0 aliphatic rings. The normalized spacial score (nSPS) is 12.9. The molecule has 1 atom stereocenters. The van der Waals surface area contributed by atoms with Gasteiger partial charge in [-0.05, 0) is 12.1 Å². The minimum Gasteiger partial charge on any atom is -0.497 e. The van der Waals surface area contributed by atoms with Gasteiger partial charge in [0.2, 0.25) is 0 Å². The molecule has 1 aromatic carbocycles. The quantitative estimate of drug-likeness (QED) is 0.848. The van der Waals surface area contributed by atoms with Crippen LogP contribution in [0.1, 0.15) is 5.89 Å². The highest BCUT2D eigenvalue weighted by Gasteiger charge is 2.12. The van der Waals surface area contributed by atoms with Crippen LogP contribution in [0.2, 0.25) is 0 Å². The van der Waals surface area contributed by atoms with Crippen LogP contribution in [0.3, 0.4) is 0 Å². The summed E-state index contributed by atoms with van der Waals surface area (Å²) in [5.74, 6) is 1.38. The maximum absolute atomic E-state index is 5.62. The minimum atomic E-state index is -0.0649. The van der Waals surface area contributed by atoms with Crippen LogP contribution in [0, 0.1) is 0 Å². The van der Waals surface area contributed by atoms with E-state index in [0.717, 1.165) is 11.3 Å². The van der Waals surface area contributed by atoms with Crippen LogP contribution in [0.25, 0.3) is 11.1 Å². The fraction of sp³-hybridized carbons (Fsp3) is 0.417. The molecule has 0 saturated heterocycles. The van der Waals surface area contributed by atoms with Crippen LogP contribution < -0.4 is 10.5 Å². The third kappa shape index (κ3) is 2.57. The number of nitrogens with zero attached hydrogens (tertiary/aromatic N) is 1. The second kappa shape index (κ2) is 5.16. The van der Waals surface area contributed by atoms with Crippen molar-refractivity contribution in [3.63, 3.8) is 0 Å². The lowest BCUT2D eigenvalue weighted by molar-refractivity contribution is 0.104. The van der Waals surface area contributed by atoms with Crippen LogP contribution in [0.4, 0.5) is 0 Å². The Hall–Kier alpha value is -1.59. The first kappa shape index (κ1) is 11.9. The minimum absolute atomic E-state index is 0.0649. The first-order valence-corrected chi connectivity index (χ1v) is 5.43. The van der Waals surface area contributed by atoms with Gasteiger partial charge in [0.15, 0.2) is 11.5 Å². The summed E-state index contributed by atoms with van der Waals surface area (Å²) in [5, 5.41) is 0. The van der Waals surface area contributed by atoms with Crippen molar-refractivity contribution in [1.29, 1.82) is 0 Å². The van der Waals surface area contributed by atoms with Gasteiger partial charge in [-0.25, -0.2) is 4.98 Å². The molecule has 1 unspecified atom stereocenters. The third-order valence-electron chi connectivity index (χ3n) is 2.64. The fourth-order valence-corrected chi connectivity index (χ4v) is 1.62. The van der Waals surface area contributed by atoms with E-state index in [1.165, 1.54) is 0 Å². The maximum atomic E-state index is 5.62. The van der Waals surface area contributed by atoms with E-state index < -0.39 is 0 Å². The molecule has 0 radical (unpaired) electrons. The summed E-state index contributed by atoms with van der Waals surface area (Å²) in [7, 11) is 3.25. The van der Waals surface area contributed by atoms with Gasteiger partial charge >= 0.3 is 0 Å². The Balaban J connectivity index is 2.25. The van der Waals surface area contributed by atoms with Crippen molar-refractivity contribution in [2.24, 2.45) is 5.73 Å². The van der Waals surface area contributed by atoms with Crippen LogP contribution in [0.15, 0.2) is 22.6 Å². The van der Waals surface area contributed by atoms with Crippen molar-refractivity contribution in [1.82, 2.24) is 4.98 Å². The Labute approximate surface area is 99.5 Å². The smallest absolute Gasteiger partial charge is 0.198 e. The van der Waals surface area contributed by atoms with Gasteiger partial charge in [0.05, 0.1) is 19.6 Å². The van der Waals surface area contributed by atoms with Crippen molar-refractivity contribution < 1.29 is 13.9 Å². The molecule has 2 N–H and O–H groups in total. The fourth-order valence-electron chi connectivity index (χ4n) is 1.62. The molecule has 0 bridgehead atoms. The number of hydrogen-bond donors (Lipinski definition) is 1. The van der Waals surface area contributed by atoms with E-state index in [2.05, 4.69) is 4.98 Å². The summed E-state index contributed by atoms with van der Waals surface area (Å²) in [5.41, 5.74) is 7.08. The van der Waals surface area contributed by atoms with Crippen LogP contribution in [-0.4, -0.2) is 31.9 Å². The summed E-state index contributed by atoms with van der Waals surface area (Å²) >= 11 is 0. The van der Waals surface area contributed by atoms with Crippen LogP contribution in [0.5, 0.6) is 5.75 Å².